The zero-order chi connectivity index (χ0) is 10.5. The molecule has 1 unspecified atom stereocenters. The van der Waals surface area contributed by atoms with E-state index < -0.39 is 0 Å². The highest BCUT2D eigenvalue weighted by atomic mass is 16.5. The van der Waals surface area contributed by atoms with E-state index in [1.807, 2.05) is 7.11 Å². The van der Waals surface area contributed by atoms with Gasteiger partial charge in [0.05, 0.1) is 6.10 Å². The van der Waals surface area contributed by atoms with Crippen LogP contribution in [0.2, 0.25) is 0 Å². The lowest BCUT2D eigenvalue weighted by Crippen LogP contribution is -2.06. The molecular formula is C14H20O. The molecule has 0 heterocycles. The Morgan fingerprint density at radius 2 is 1.87 bits per heavy atom. The largest absolute Gasteiger partial charge is 0.377 e. The standard InChI is InChI=1S/C14H20O/c1-15-14(11-12-7-5-6-8-12)13-9-3-2-4-10-13/h2-4,9-10,12,14H,5-8,11H2,1H3. The number of methoxy groups -OCH3 is 1. The average molecular weight is 204 g/mol. The van der Waals surface area contributed by atoms with Gasteiger partial charge in [-0.2, -0.15) is 0 Å². The third kappa shape index (κ3) is 2.82. The first-order valence-corrected chi connectivity index (χ1v) is 5.98. The molecule has 1 fully saturated rings. The molecule has 0 spiro atoms. The van der Waals surface area contributed by atoms with Gasteiger partial charge in [0.15, 0.2) is 0 Å². The van der Waals surface area contributed by atoms with Gasteiger partial charge in [-0.05, 0) is 17.9 Å². The maximum atomic E-state index is 5.60. The average Bonchev–Trinajstić information content (AvgIpc) is 2.80. The Morgan fingerprint density at radius 3 is 2.47 bits per heavy atom. The molecule has 1 aromatic rings. The number of rotatable bonds is 4. The van der Waals surface area contributed by atoms with Crippen LogP contribution < -0.4 is 0 Å². The van der Waals surface area contributed by atoms with Gasteiger partial charge in [0, 0.05) is 7.11 Å². The van der Waals surface area contributed by atoms with Gasteiger partial charge in [-0.3, -0.25) is 0 Å². The summed E-state index contributed by atoms with van der Waals surface area (Å²) >= 11 is 0. The van der Waals surface area contributed by atoms with Crippen LogP contribution in [0.4, 0.5) is 0 Å². The number of benzene rings is 1. The van der Waals surface area contributed by atoms with Gasteiger partial charge in [0.2, 0.25) is 0 Å². The molecule has 0 saturated heterocycles. The molecular weight excluding hydrogens is 184 g/mol. The monoisotopic (exact) mass is 204 g/mol. The van der Waals surface area contributed by atoms with Gasteiger partial charge in [0.25, 0.3) is 0 Å². The molecule has 1 atom stereocenters. The zero-order valence-electron chi connectivity index (χ0n) is 9.49. The minimum absolute atomic E-state index is 0.300. The van der Waals surface area contributed by atoms with E-state index in [1.165, 1.54) is 37.7 Å². The van der Waals surface area contributed by atoms with Crippen molar-refractivity contribution in [3.05, 3.63) is 35.9 Å². The van der Waals surface area contributed by atoms with Crippen LogP contribution in [0.3, 0.4) is 0 Å². The SMILES string of the molecule is COC(CC1CCCC1)c1ccccc1. The lowest BCUT2D eigenvalue weighted by molar-refractivity contribution is 0.0807. The fraction of sp³-hybridized carbons (Fsp3) is 0.571. The van der Waals surface area contributed by atoms with Gasteiger partial charge >= 0.3 is 0 Å². The van der Waals surface area contributed by atoms with E-state index in [1.54, 1.807) is 0 Å². The van der Waals surface area contributed by atoms with E-state index in [9.17, 15) is 0 Å². The zero-order valence-corrected chi connectivity index (χ0v) is 9.49. The van der Waals surface area contributed by atoms with Crippen LogP contribution >= 0.6 is 0 Å². The van der Waals surface area contributed by atoms with Crippen LogP contribution in [-0.2, 0) is 4.74 Å². The van der Waals surface area contributed by atoms with Gasteiger partial charge in [-0.25, -0.2) is 0 Å². The Morgan fingerprint density at radius 1 is 1.20 bits per heavy atom. The van der Waals surface area contributed by atoms with Crippen LogP contribution in [0.25, 0.3) is 0 Å². The Labute approximate surface area is 92.5 Å². The third-order valence-electron chi connectivity index (χ3n) is 3.48. The summed E-state index contributed by atoms with van der Waals surface area (Å²) in [5.41, 5.74) is 1.33. The Kier molecular flexibility index (Phi) is 3.79. The molecule has 82 valence electrons. The lowest BCUT2D eigenvalue weighted by Gasteiger charge is -2.19. The Hall–Kier alpha value is -0.820. The summed E-state index contributed by atoms with van der Waals surface area (Å²) in [5, 5.41) is 0. The predicted molar refractivity (Wildman–Crippen MR) is 62.8 cm³/mol. The van der Waals surface area contributed by atoms with Gasteiger partial charge in [-0.1, -0.05) is 56.0 Å². The second-order valence-electron chi connectivity index (χ2n) is 4.52. The van der Waals surface area contributed by atoms with E-state index >= 15 is 0 Å². The lowest BCUT2D eigenvalue weighted by atomic mass is 9.95. The first kappa shape index (κ1) is 10.7. The van der Waals surface area contributed by atoms with Crippen LogP contribution in [0.5, 0.6) is 0 Å². The predicted octanol–water partition coefficient (Wildman–Crippen LogP) is 3.95. The van der Waals surface area contributed by atoms with E-state index in [2.05, 4.69) is 30.3 Å². The molecule has 1 saturated carbocycles. The summed E-state index contributed by atoms with van der Waals surface area (Å²) in [6.45, 7) is 0. The van der Waals surface area contributed by atoms with Crippen LogP contribution in [0.1, 0.15) is 43.8 Å². The van der Waals surface area contributed by atoms with Gasteiger partial charge < -0.3 is 4.74 Å². The van der Waals surface area contributed by atoms with E-state index in [0.717, 1.165) is 5.92 Å². The van der Waals surface area contributed by atoms with Crippen LogP contribution in [0, 0.1) is 5.92 Å². The van der Waals surface area contributed by atoms with Gasteiger partial charge in [0.1, 0.15) is 0 Å². The van der Waals surface area contributed by atoms with Crippen molar-refractivity contribution >= 4 is 0 Å². The molecule has 0 aromatic heterocycles. The van der Waals surface area contributed by atoms with E-state index in [-0.39, 0.29) is 0 Å². The highest BCUT2D eigenvalue weighted by molar-refractivity contribution is 5.17. The maximum Gasteiger partial charge on any atom is 0.0823 e. The molecule has 1 heteroatoms. The summed E-state index contributed by atoms with van der Waals surface area (Å²) < 4.78 is 5.60. The second-order valence-corrected chi connectivity index (χ2v) is 4.52. The fourth-order valence-electron chi connectivity index (χ4n) is 2.58. The van der Waals surface area contributed by atoms with Crippen molar-refractivity contribution in [2.45, 2.75) is 38.2 Å². The van der Waals surface area contributed by atoms with Crippen molar-refractivity contribution in [2.75, 3.05) is 7.11 Å². The van der Waals surface area contributed by atoms with Crippen LogP contribution in [0.15, 0.2) is 30.3 Å². The molecule has 0 amide bonds. The fourth-order valence-corrected chi connectivity index (χ4v) is 2.58. The molecule has 1 aromatic carbocycles. The normalized spacial score (nSPS) is 19.3. The summed E-state index contributed by atoms with van der Waals surface area (Å²) in [6, 6.07) is 10.6. The number of ether oxygens (including phenoxy) is 1. The Balaban J connectivity index is 1.97. The Bertz CT molecular complexity index is 275. The molecule has 1 nitrogen and oxygen atoms in total. The molecule has 1 aliphatic rings. The highest BCUT2D eigenvalue weighted by Gasteiger charge is 2.20. The minimum Gasteiger partial charge on any atom is -0.377 e. The van der Waals surface area contributed by atoms with Crippen molar-refractivity contribution in [3.8, 4) is 0 Å². The molecule has 15 heavy (non-hydrogen) atoms. The summed E-state index contributed by atoms with van der Waals surface area (Å²) in [5.74, 6) is 0.884. The van der Waals surface area contributed by atoms with Crippen molar-refractivity contribution in [1.29, 1.82) is 0 Å². The molecule has 2 rings (SSSR count). The summed E-state index contributed by atoms with van der Waals surface area (Å²) in [4.78, 5) is 0. The van der Waals surface area contributed by atoms with Crippen LogP contribution in [-0.4, -0.2) is 7.11 Å². The first-order chi connectivity index (χ1) is 7.40. The van der Waals surface area contributed by atoms with Crippen molar-refractivity contribution < 1.29 is 4.74 Å². The van der Waals surface area contributed by atoms with Gasteiger partial charge in [-0.15, -0.1) is 0 Å². The second kappa shape index (κ2) is 5.32. The molecule has 1 aliphatic carbocycles. The minimum atomic E-state index is 0.300. The third-order valence-corrected chi connectivity index (χ3v) is 3.48. The van der Waals surface area contributed by atoms with E-state index in [0.29, 0.717) is 6.10 Å². The molecule has 0 N–H and O–H groups in total. The maximum absolute atomic E-state index is 5.60. The molecule has 0 aliphatic heterocycles. The van der Waals surface area contributed by atoms with Crippen molar-refractivity contribution in [2.24, 2.45) is 5.92 Å². The van der Waals surface area contributed by atoms with Crippen molar-refractivity contribution in [1.82, 2.24) is 0 Å². The molecule has 0 radical (unpaired) electrons. The first-order valence-electron chi connectivity index (χ1n) is 5.98. The smallest absolute Gasteiger partial charge is 0.0823 e. The quantitative estimate of drug-likeness (QED) is 0.721. The number of hydrogen-bond donors (Lipinski definition) is 0. The van der Waals surface area contributed by atoms with Crippen molar-refractivity contribution in [3.63, 3.8) is 0 Å². The number of hydrogen-bond acceptors (Lipinski definition) is 1. The topological polar surface area (TPSA) is 9.23 Å². The van der Waals surface area contributed by atoms with E-state index in [4.69, 9.17) is 4.74 Å². The summed E-state index contributed by atoms with van der Waals surface area (Å²) in [7, 11) is 1.83. The molecule has 0 bridgehead atoms. The summed E-state index contributed by atoms with van der Waals surface area (Å²) in [6.07, 6.45) is 7.11. The highest BCUT2D eigenvalue weighted by Crippen LogP contribution is 2.34.